The van der Waals surface area contributed by atoms with Gasteiger partial charge >= 0.3 is 0 Å². The van der Waals surface area contributed by atoms with Crippen molar-refractivity contribution < 1.29 is 22.7 Å². The van der Waals surface area contributed by atoms with E-state index in [0.29, 0.717) is 56.8 Å². The van der Waals surface area contributed by atoms with E-state index in [0.717, 1.165) is 30.5 Å². The van der Waals surface area contributed by atoms with E-state index in [9.17, 15) is 18.0 Å². The van der Waals surface area contributed by atoms with Gasteiger partial charge in [-0.3, -0.25) is 14.3 Å². The van der Waals surface area contributed by atoms with Crippen LogP contribution in [0.3, 0.4) is 0 Å². The van der Waals surface area contributed by atoms with Gasteiger partial charge in [0.05, 0.1) is 15.8 Å². The van der Waals surface area contributed by atoms with Gasteiger partial charge in [0.15, 0.2) is 15.6 Å². The van der Waals surface area contributed by atoms with Crippen molar-refractivity contribution in [2.75, 3.05) is 19.8 Å². The van der Waals surface area contributed by atoms with E-state index in [2.05, 4.69) is 19.2 Å². The van der Waals surface area contributed by atoms with Gasteiger partial charge in [-0.1, -0.05) is 26.0 Å². The van der Waals surface area contributed by atoms with Crippen LogP contribution < -0.4 is 5.32 Å². The molecule has 0 aliphatic carbocycles. The van der Waals surface area contributed by atoms with Crippen LogP contribution in [-0.4, -0.2) is 54.9 Å². The molecule has 1 aromatic carbocycles. The number of nitrogens with one attached hydrogen (secondary N) is 1. The largest absolute Gasteiger partial charge is 0.381 e. The van der Waals surface area contributed by atoms with Crippen molar-refractivity contribution >= 4 is 21.5 Å². The minimum Gasteiger partial charge on any atom is -0.381 e. The fourth-order valence-corrected chi connectivity index (χ4v) is 5.65. The SMILES string of the molecule is CCn1nc(CC(C)(C)CCC(=O)c2ccc(S(=O)(=O)C(C)C)cc2)c2c1C(=O)NCCCOCCC2. The fourth-order valence-electron chi connectivity index (χ4n) is 4.59. The number of ether oxygens (including phenoxy) is 1. The van der Waals surface area contributed by atoms with Crippen LogP contribution in [0.5, 0.6) is 0 Å². The lowest BCUT2D eigenvalue weighted by molar-refractivity contribution is 0.0931. The van der Waals surface area contributed by atoms with Crippen molar-refractivity contribution in [2.24, 2.45) is 5.41 Å². The molecular formula is C28H41N3O5S. The molecule has 2 aromatic rings. The number of carbonyl (C=O) groups is 2. The predicted molar refractivity (Wildman–Crippen MR) is 144 cm³/mol. The number of nitrogens with zero attached hydrogens (tertiary/aromatic N) is 2. The Morgan fingerprint density at radius 1 is 1.16 bits per heavy atom. The van der Waals surface area contributed by atoms with Gasteiger partial charge in [-0.2, -0.15) is 5.10 Å². The van der Waals surface area contributed by atoms with Crippen LogP contribution in [0.4, 0.5) is 0 Å². The van der Waals surface area contributed by atoms with Gasteiger partial charge in [-0.25, -0.2) is 8.42 Å². The van der Waals surface area contributed by atoms with E-state index in [1.54, 1.807) is 30.7 Å². The van der Waals surface area contributed by atoms with E-state index < -0.39 is 15.1 Å². The highest BCUT2D eigenvalue weighted by Crippen LogP contribution is 2.31. The van der Waals surface area contributed by atoms with Crippen LogP contribution in [0, 0.1) is 5.41 Å². The number of hydrogen-bond acceptors (Lipinski definition) is 6. The quantitative estimate of drug-likeness (QED) is 0.481. The third-order valence-electron chi connectivity index (χ3n) is 6.92. The Bertz CT molecular complexity index is 1200. The summed E-state index contributed by atoms with van der Waals surface area (Å²) in [5.41, 5.74) is 2.82. The summed E-state index contributed by atoms with van der Waals surface area (Å²) >= 11 is 0. The molecule has 37 heavy (non-hydrogen) atoms. The van der Waals surface area contributed by atoms with E-state index in [1.165, 1.54) is 12.1 Å². The Morgan fingerprint density at radius 3 is 2.49 bits per heavy atom. The number of aryl methyl sites for hydroxylation is 1. The molecule has 0 fully saturated rings. The highest BCUT2D eigenvalue weighted by Gasteiger charge is 2.28. The van der Waals surface area contributed by atoms with Crippen molar-refractivity contribution in [3.63, 3.8) is 0 Å². The number of sulfone groups is 1. The Balaban J connectivity index is 1.73. The molecule has 0 atom stereocenters. The summed E-state index contributed by atoms with van der Waals surface area (Å²) < 4.78 is 32.2. The molecule has 1 N–H and O–H groups in total. The summed E-state index contributed by atoms with van der Waals surface area (Å²) in [6, 6.07) is 6.24. The van der Waals surface area contributed by atoms with Crippen LogP contribution in [0.1, 0.15) is 92.4 Å². The summed E-state index contributed by atoms with van der Waals surface area (Å²) in [6.07, 6.45) is 3.96. The molecule has 1 aromatic heterocycles. The lowest BCUT2D eigenvalue weighted by Crippen LogP contribution is -2.28. The van der Waals surface area contributed by atoms with Crippen LogP contribution in [0.2, 0.25) is 0 Å². The average molecular weight is 532 g/mol. The first kappa shape index (κ1) is 29.0. The number of aromatic nitrogens is 2. The molecule has 0 spiro atoms. The molecule has 1 aliphatic heterocycles. The van der Waals surface area contributed by atoms with Gasteiger partial charge in [-0.15, -0.1) is 0 Å². The van der Waals surface area contributed by atoms with Crippen molar-refractivity contribution in [3.8, 4) is 0 Å². The molecule has 0 saturated carbocycles. The number of amides is 1. The maximum absolute atomic E-state index is 13.0. The maximum atomic E-state index is 13.0. The Hall–Kier alpha value is -2.52. The van der Waals surface area contributed by atoms with Crippen molar-refractivity contribution in [3.05, 3.63) is 46.8 Å². The lowest BCUT2D eigenvalue weighted by Gasteiger charge is -2.24. The molecule has 0 radical (unpaired) electrons. The molecule has 1 aliphatic rings. The highest BCUT2D eigenvalue weighted by atomic mass is 32.2. The number of Topliss-reactive ketones (excluding diaryl/α,β-unsaturated/α-hetero) is 1. The highest BCUT2D eigenvalue weighted by molar-refractivity contribution is 7.92. The Kier molecular flexibility index (Phi) is 9.69. The van der Waals surface area contributed by atoms with Crippen molar-refractivity contribution in [2.45, 2.75) is 89.8 Å². The molecule has 0 bridgehead atoms. The molecule has 3 rings (SSSR count). The molecule has 9 heteroatoms. The van der Waals surface area contributed by atoms with Gasteiger partial charge < -0.3 is 10.1 Å². The first-order valence-electron chi connectivity index (χ1n) is 13.3. The van der Waals surface area contributed by atoms with Crippen molar-refractivity contribution in [1.82, 2.24) is 15.1 Å². The molecule has 204 valence electrons. The Morgan fingerprint density at radius 2 is 1.84 bits per heavy atom. The zero-order valence-electron chi connectivity index (χ0n) is 22.8. The Labute approximate surface area is 221 Å². The van der Waals surface area contributed by atoms with Crippen LogP contribution in [0.15, 0.2) is 29.2 Å². The summed E-state index contributed by atoms with van der Waals surface area (Å²) in [5, 5.41) is 7.31. The second-order valence-corrected chi connectivity index (χ2v) is 13.3. The van der Waals surface area contributed by atoms with Crippen LogP contribution >= 0.6 is 0 Å². The van der Waals surface area contributed by atoms with Gasteiger partial charge in [0, 0.05) is 43.9 Å². The topological polar surface area (TPSA) is 107 Å². The summed E-state index contributed by atoms with van der Waals surface area (Å²) in [4.78, 5) is 26.1. The minimum absolute atomic E-state index is 0.0171. The molecular weight excluding hydrogens is 490 g/mol. The van der Waals surface area contributed by atoms with E-state index in [4.69, 9.17) is 9.84 Å². The number of fused-ring (bicyclic) bond motifs is 1. The maximum Gasteiger partial charge on any atom is 0.269 e. The van der Waals surface area contributed by atoms with Gasteiger partial charge in [0.1, 0.15) is 5.69 Å². The third kappa shape index (κ3) is 7.29. The number of carbonyl (C=O) groups excluding carboxylic acids is 2. The predicted octanol–water partition coefficient (Wildman–Crippen LogP) is 4.40. The number of rotatable bonds is 9. The van der Waals surface area contributed by atoms with Crippen LogP contribution in [-0.2, 0) is 34.0 Å². The van der Waals surface area contributed by atoms with Crippen LogP contribution in [0.25, 0.3) is 0 Å². The first-order chi connectivity index (χ1) is 17.5. The normalized spacial score (nSPS) is 15.7. The summed E-state index contributed by atoms with van der Waals surface area (Å²) in [5.74, 6) is -0.107. The summed E-state index contributed by atoms with van der Waals surface area (Å²) in [6.45, 7) is 12.0. The van der Waals surface area contributed by atoms with E-state index in [1.807, 2.05) is 6.92 Å². The van der Waals surface area contributed by atoms with E-state index >= 15 is 0 Å². The average Bonchev–Trinajstić information content (AvgIpc) is 3.18. The van der Waals surface area contributed by atoms with Gasteiger partial charge in [0.25, 0.3) is 5.91 Å². The first-order valence-corrected chi connectivity index (χ1v) is 14.8. The lowest BCUT2D eigenvalue weighted by atomic mass is 9.81. The summed E-state index contributed by atoms with van der Waals surface area (Å²) in [7, 11) is -3.37. The minimum atomic E-state index is -3.37. The van der Waals surface area contributed by atoms with Gasteiger partial charge in [0.2, 0.25) is 0 Å². The molecule has 1 amide bonds. The monoisotopic (exact) mass is 531 g/mol. The number of benzene rings is 1. The van der Waals surface area contributed by atoms with Gasteiger partial charge in [-0.05, 0) is 70.4 Å². The smallest absolute Gasteiger partial charge is 0.269 e. The molecule has 8 nitrogen and oxygen atoms in total. The second-order valence-electron chi connectivity index (χ2n) is 10.8. The number of hydrogen-bond donors (Lipinski definition) is 1. The zero-order valence-corrected chi connectivity index (χ0v) is 23.6. The fraction of sp³-hybridized carbons (Fsp3) is 0.607. The molecule has 0 unspecified atom stereocenters. The molecule has 0 saturated heterocycles. The molecule has 2 heterocycles. The third-order valence-corrected chi connectivity index (χ3v) is 9.09. The number of ketones is 1. The second kappa shape index (κ2) is 12.3. The van der Waals surface area contributed by atoms with Crippen molar-refractivity contribution in [1.29, 1.82) is 0 Å². The van der Waals surface area contributed by atoms with E-state index in [-0.39, 0.29) is 22.0 Å². The zero-order chi connectivity index (χ0) is 27.2. The standard InChI is InChI=1S/C28H41N3O5S/c1-6-31-26-23(9-7-17-36-18-8-16-29-27(26)33)24(30-31)19-28(4,5)15-14-25(32)21-10-12-22(13-11-21)37(34,35)20(2)3/h10-13,20H,6-9,14-19H2,1-5H3,(H,29,33).